The molecule has 0 spiro atoms. The monoisotopic (exact) mass is 326 g/mol. The Labute approximate surface area is 135 Å². The highest BCUT2D eigenvalue weighted by molar-refractivity contribution is 7.85. The molecule has 1 atom stereocenters. The van der Waals surface area contributed by atoms with E-state index in [1.165, 1.54) is 18.6 Å². The SMILES string of the molecule is CC(C)(C)CCCC(c1ccc(S(=O)(=O)O)cc1)C(C)(C)C. The fourth-order valence-corrected chi connectivity index (χ4v) is 3.29. The van der Waals surface area contributed by atoms with E-state index >= 15 is 0 Å². The van der Waals surface area contributed by atoms with Gasteiger partial charge in [0.2, 0.25) is 0 Å². The summed E-state index contributed by atoms with van der Waals surface area (Å²) < 4.78 is 31.4. The molecule has 0 saturated carbocycles. The summed E-state index contributed by atoms with van der Waals surface area (Å²) in [6, 6.07) is 6.65. The summed E-state index contributed by atoms with van der Waals surface area (Å²) in [6.45, 7) is 13.4. The molecule has 0 fully saturated rings. The summed E-state index contributed by atoms with van der Waals surface area (Å²) in [5.41, 5.74) is 1.57. The molecule has 0 saturated heterocycles. The Bertz CT molecular complexity index is 572. The summed E-state index contributed by atoms with van der Waals surface area (Å²) in [6.07, 6.45) is 3.39. The third-order valence-electron chi connectivity index (χ3n) is 4.05. The van der Waals surface area contributed by atoms with Crippen molar-refractivity contribution in [1.82, 2.24) is 0 Å². The largest absolute Gasteiger partial charge is 0.294 e. The molecule has 4 heteroatoms. The predicted molar refractivity (Wildman–Crippen MR) is 91.8 cm³/mol. The van der Waals surface area contributed by atoms with E-state index in [0.717, 1.165) is 18.4 Å². The molecular formula is C18H30O3S. The molecule has 1 aromatic carbocycles. The summed E-state index contributed by atoms with van der Waals surface area (Å²) in [7, 11) is -4.12. The van der Waals surface area contributed by atoms with Gasteiger partial charge in [-0.15, -0.1) is 0 Å². The van der Waals surface area contributed by atoms with Gasteiger partial charge >= 0.3 is 0 Å². The number of hydrogen-bond acceptors (Lipinski definition) is 2. The third kappa shape index (κ3) is 6.09. The average Bonchev–Trinajstić information content (AvgIpc) is 2.31. The van der Waals surface area contributed by atoms with Gasteiger partial charge < -0.3 is 0 Å². The Morgan fingerprint density at radius 2 is 1.50 bits per heavy atom. The first-order valence-corrected chi connectivity index (χ1v) is 9.32. The van der Waals surface area contributed by atoms with Gasteiger partial charge in [-0.25, -0.2) is 0 Å². The van der Waals surface area contributed by atoms with Crippen molar-refractivity contribution in [3.63, 3.8) is 0 Å². The molecule has 22 heavy (non-hydrogen) atoms. The average molecular weight is 327 g/mol. The van der Waals surface area contributed by atoms with Crippen LogP contribution in [0.1, 0.15) is 72.3 Å². The van der Waals surface area contributed by atoms with Crippen molar-refractivity contribution < 1.29 is 13.0 Å². The zero-order valence-corrected chi connectivity index (χ0v) is 15.5. The second-order valence-electron chi connectivity index (χ2n) is 8.42. The van der Waals surface area contributed by atoms with Crippen molar-refractivity contribution in [3.05, 3.63) is 29.8 Å². The van der Waals surface area contributed by atoms with E-state index < -0.39 is 10.1 Å². The molecule has 0 heterocycles. The lowest BCUT2D eigenvalue weighted by Gasteiger charge is -2.32. The lowest BCUT2D eigenvalue weighted by molar-refractivity contribution is 0.277. The van der Waals surface area contributed by atoms with Crippen LogP contribution >= 0.6 is 0 Å². The van der Waals surface area contributed by atoms with Crippen LogP contribution in [0.25, 0.3) is 0 Å². The summed E-state index contributed by atoms with van der Waals surface area (Å²) in [5, 5.41) is 0. The second-order valence-corrected chi connectivity index (χ2v) is 9.84. The first-order chi connectivity index (χ1) is 9.81. The summed E-state index contributed by atoms with van der Waals surface area (Å²) in [5.74, 6) is 0.366. The van der Waals surface area contributed by atoms with E-state index in [-0.39, 0.29) is 10.3 Å². The molecule has 0 aliphatic carbocycles. The summed E-state index contributed by atoms with van der Waals surface area (Å²) >= 11 is 0. The lowest BCUT2D eigenvalue weighted by Crippen LogP contribution is -2.19. The normalized spacial score (nSPS) is 14.9. The number of benzene rings is 1. The number of rotatable bonds is 5. The molecule has 0 aliphatic heterocycles. The molecule has 1 N–H and O–H groups in total. The number of hydrogen-bond donors (Lipinski definition) is 1. The zero-order valence-electron chi connectivity index (χ0n) is 14.7. The maximum atomic E-state index is 11.1. The van der Waals surface area contributed by atoms with E-state index in [2.05, 4.69) is 41.5 Å². The fourth-order valence-electron chi connectivity index (χ4n) is 2.81. The van der Waals surface area contributed by atoms with Gasteiger partial charge in [-0.1, -0.05) is 60.1 Å². The highest BCUT2D eigenvalue weighted by Crippen LogP contribution is 2.40. The molecule has 1 aromatic rings. The van der Waals surface area contributed by atoms with Gasteiger partial charge in [-0.05, 0) is 47.3 Å². The van der Waals surface area contributed by atoms with Crippen molar-refractivity contribution in [2.24, 2.45) is 10.8 Å². The predicted octanol–water partition coefficient (Wildman–Crippen LogP) is 5.28. The maximum absolute atomic E-state index is 11.1. The van der Waals surface area contributed by atoms with Gasteiger partial charge in [-0.2, -0.15) is 8.42 Å². The molecular weight excluding hydrogens is 296 g/mol. The Morgan fingerprint density at radius 3 is 1.86 bits per heavy atom. The van der Waals surface area contributed by atoms with Crippen molar-refractivity contribution in [2.45, 2.75) is 71.6 Å². The van der Waals surface area contributed by atoms with Gasteiger partial charge in [0.25, 0.3) is 10.1 Å². The van der Waals surface area contributed by atoms with E-state index in [0.29, 0.717) is 11.3 Å². The van der Waals surface area contributed by atoms with Crippen molar-refractivity contribution in [1.29, 1.82) is 0 Å². The molecule has 1 rings (SSSR count). The molecule has 1 unspecified atom stereocenters. The maximum Gasteiger partial charge on any atom is 0.294 e. The van der Waals surface area contributed by atoms with Gasteiger partial charge in [0.05, 0.1) is 4.90 Å². The van der Waals surface area contributed by atoms with Crippen LogP contribution in [0.15, 0.2) is 29.2 Å². The zero-order chi connectivity index (χ0) is 17.2. The molecule has 0 aromatic heterocycles. The van der Waals surface area contributed by atoms with Crippen molar-refractivity contribution in [3.8, 4) is 0 Å². The van der Waals surface area contributed by atoms with Crippen LogP contribution in [0, 0.1) is 10.8 Å². The first kappa shape index (κ1) is 19.2. The van der Waals surface area contributed by atoms with Gasteiger partial charge in [-0.3, -0.25) is 4.55 Å². The van der Waals surface area contributed by atoms with E-state index in [1.807, 2.05) is 12.1 Å². The topological polar surface area (TPSA) is 54.4 Å². The second kappa shape index (κ2) is 6.71. The van der Waals surface area contributed by atoms with Crippen molar-refractivity contribution in [2.75, 3.05) is 0 Å². The van der Waals surface area contributed by atoms with Crippen LogP contribution in [0.4, 0.5) is 0 Å². The Kier molecular flexibility index (Phi) is 5.85. The van der Waals surface area contributed by atoms with Crippen LogP contribution in [0.3, 0.4) is 0 Å². The quantitative estimate of drug-likeness (QED) is 0.749. The van der Waals surface area contributed by atoms with Crippen LogP contribution in [-0.2, 0) is 10.1 Å². The first-order valence-electron chi connectivity index (χ1n) is 7.88. The van der Waals surface area contributed by atoms with Gasteiger partial charge in [0, 0.05) is 0 Å². The minimum absolute atomic E-state index is 0.0430. The van der Waals surface area contributed by atoms with Gasteiger partial charge in [0.1, 0.15) is 0 Å². The Balaban J connectivity index is 2.94. The molecule has 0 bridgehead atoms. The van der Waals surface area contributed by atoms with Crippen LogP contribution < -0.4 is 0 Å². The molecule has 0 aliphatic rings. The van der Waals surface area contributed by atoms with Crippen LogP contribution in [0.5, 0.6) is 0 Å². The van der Waals surface area contributed by atoms with Crippen LogP contribution in [0.2, 0.25) is 0 Å². The third-order valence-corrected chi connectivity index (χ3v) is 4.91. The minimum atomic E-state index is -4.12. The van der Waals surface area contributed by atoms with E-state index in [9.17, 15) is 8.42 Å². The van der Waals surface area contributed by atoms with Crippen molar-refractivity contribution >= 4 is 10.1 Å². The highest BCUT2D eigenvalue weighted by atomic mass is 32.2. The minimum Gasteiger partial charge on any atom is -0.282 e. The van der Waals surface area contributed by atoms with E-state index in [1.54, 1.807) is 0 Å². The molecule has 0 radical (unpaired) electrons. The smallest absolute Gasteiger partial charge is 0.282 e. The molecule has 3 nitrogen and oxygen atoms in total. The summed E-state index contributed by atoms with van der Waals surface area (Å²) in [4.78, 5) is -0.0430. The standard InChI is InChI=1S/C18H30O3S/c1-17(2,3)13-7-8-16(18(4,5)6)14-9-11-15(12-10-14)22(19,20)21/h9-12,16H,7-8,13H2,1-6H3,(H,19,20,21). The Morgan fingerprint density at radius 1 is 1.00 bits per heavy atom. The van der Waals surface area contributed by atoms with Gasteiger partial charge in [0.15, 0.2) is 0 Å². The molecule has 0 amide bonds. The molecule has 126 valence electrons. The highest BCUT2D eigenvalue weighted by Gasteiger charge is 2.26. The van der Waals surface area contributed by atoms with E-state index in [4.69, 9.17) is 4.55 Å². The fraction of sp³-hybridized carbons (Fsp3) is 0.667. The Hall–Kier alpha value is -0.870. The van der Waals surface area contributed by atoms with Crippen LogP contribution in [-0.4, -0.2) is 13.0 Å². The lowest BCUT2D eigenvalue weighted by atomic mass is 9.73.